The number of benzene rings is 1. The molecule has 0 spiro atoms. The molecule has 0 aliphatic heterocycles. The Hall–Kier alpha value is -1.77. The van der Waals surface area contributed by atoms with Crippen molar-refractivity contribution in [2.45, 2.75) is 31.7 Å². The van der Waals surface area contributed by atoms with E-state index in [1.807, 2.05) is 13.8 Å². The fourth-order valence-corrected chi connectivity index (χ4v) is 3.37. The molecule has 0 fully saturated rings. The van der Waals surface area contributed by atoms with Crippen LogP contribution in [0.5, 0.6) is 0 Å². The van der Waals surface area contributed by atoms with Crippen LogP contribution in [0.3, 0.4) is 0 Å². The average Bonchev–Trinajstić information content (AvgIpc) is 2.77. The van der Waals surface area contributed by atoms with E-state index in [2.05, 4.69) is 10.3 Å². The number of nitrogens with zero attached hydrogens (tertiary/aromatic N) is 1. The van der Waals surface area contributed by atoms with Crippen molar-refractivity contribution >= 4 is 27.3 Å². The quantitative estimate of drug-likeness (QED) is 0.888. The summed E-state index contributed by atoms with van der Waals surface area (Å²) in [5.74, 6) is -0.189. The van der Waals surface area contributed by atoms with Gasteiger partial charge in [-0.05, 0) is 38.5 Å². The van der Waals surface area contributed by atoms with Gasteiger partial charge in [0, 0.05) is 0 Å². The number of primary sulfonamides is 1. The fourth-order valence-electron chi connectivity index (χ4n) is 2.03. The zero-order chi connectivity index (χ0) is 16.5. The minimum absolute atomic E-state index is 0.0451. The van der Waals surface area contributed by atoms with E-state index in [4.69, 9.17) is 5.14 Å². The molecule has 0 aliphatic carbocycles. The molecule has 1 aromatic heterocycles. The van der Waals surface area contributed by atoms with Crippen molar-refractivity contribution in [3.63, 3.8) is 0 Å². The van der Waals surface area contributed by atoms with E-state index in [-0.39, 0.29) is 16.8 Å². The van der Waals surface area contributed by atoms with Crippen molar-refractivity contribution in [1.82, 2.24) is 10.3 Å². The van der Waals surface area contributed by atoms with E-state index in [9.17, 15) is 13.2 Å². The third kappa shape index (κ3) is 3.70. The molecular formula is C14H17N3O3S2. The second kappa shape index (κ2) is 6.15. The summed E-state index contributed by atoms with van der Waals surface area (Å²) in [6.45, 7) is 5.47. The van der Waals surface area contributed by atoms with Crippen LogP contribution < -0.4 is 10.5 Å². The summed E-state index contributed by atoms with van der Waals surface area (Å²) < 4.78 is 22.4. The van der Waals surface area contributed by atoms with Crippen LogP contribution in [0.4, 0.5) is 0 Å². The van der Waals surface area contributed by atoms with E-state index >= 15 is 0 Å². The number of hydrogen-bond acceptors (Lipinski definition) is 5. The molecule has 1 atom stereocenters. The van der Waals surface area contributed by atoms with Crippen LogP contribution in [-0.4, -0.2) is 19.3 Å². The molecule has 0 radical (unpaired) electrons. The predicted molar refractivity (Wildman–Crippen MR) is 85.3 cm³/mol. The van der Waals surface area contributed by atoms with Crippen LogP contribution in [0.1, 0.15) is 38.9 Å². The Bertz CT molecular complexity index is 795. The van der Waals surface area contributed by atoms with Gasteiger partial charge in [-0.2, -0.15) is 0 Å². The number of thiazole rings is 1. The molecule has 1 heterocycles. The maximum Gasteiger partial charge on any atom is 0.263 e. The summed E-state index contributed by atoms with van der Waals surface area (Å²) >= 11 is 1.35. The number of amides is 1. The zero-order valence-corrected chi connectivity index (χ0v) is 14.1. The average molecular weight is 339 g/mol. The summed E-state index contributed by atoms with van der Waals surface area (Å²) in [6, 6.07) is 5.86. The molecular weight excluding hydrogens is 322 g/mol. The molecule has 1 amide bonds. The molecule has 3 N–H and O–H groups in total. The van der Waals surface area contributed by atoms with Crippen LogP contribution in [0, 0.1) is 13.8 Å². The lowest BCUT2D eigenvalue weighted by Crippen LogP contribution is -2.26. The van der Waals surface area contributed by atoms with Gasteiger partial charge in [-0.25, -0.2) is 18.5 Å². The molecule has 0 bridgehead atoms. The van der Waals surface area contributed by atoms with Crippen molar-refractivity contribution in [3.05, 3.63) is 45.4 Å². The van der Waals surface area contributed by atoms with Crippen LogP contribution in [0.2, 0.25) is 0 Å². The van der Waals surface area contributed by atoms with Gasteiger partial charge >= 0.3 is 0 Å². The minimum Gasteiger partial charge on any atom is -0.345 e. The summed E-state index contributed by atoms with van der Waals surface area (Å²) in [7, 11) is -3.71. The molecule has 118 valence electrons. The Balaban J connectivity index is 2.14. The zero-order valence-electron chi connectivity index (χ0n) is 12.5. The Kier molecular flexibility index (Phi) is 4.64. The Morgan fingerprint density at radius 2 is 1.86 bits per heavy atom. The second-order valence-electron chi connectivity index (χ2n) is 4.96. The molecule has 8 heteroatoms. The van der Waals surface area contributed by atoms with Gasteiger partial charge in [-0.15, -0.1) is 11.3 Å². The highest BCUT2D eigenvalue weighted by Gasteiger charge is 2.17. The first kappa shape index (κ1) is 16.6. The number of carbonyl (C=O) groups is 1. The molecule has 0 unspecified atom stereocenters. The summed E-state index contributed by atoms with van der Waals surface area (Å²) in [4.78, 5) is 17.1. The number of rotatable bonds is 4. The Morgan fingerprint density at radius 3 is 2.32 bits per heavy atom. The van der Waals surface area contributed by atoms with Gasteiger partial charge in [-0.3, -0.25) is 4.79 Å². The lowest BCUT2D eigenvalue weighted by atomic mass is 10.1. The third-order valence-corrected chi connectivity index (χ3v) is 5.17. The monoisotopic (exact) mass is 339 g/mol. The lowest BCUT2D eigenvalue weighted by Gasteiger charge is -2.14. The molecule has 22 heavy (non-hydrogen) atoms. The Labute approximate surface area is 133 Å². The maximum absolute atomic E-state index is 12.2. The molecule has 1 aromatic carbocycles. The molecule has 2 aromatic rings. The molecule has 0 saturated carbocycles. The second-order valence-corrected chi connectivity index (χ2v) is 7.72. The highest BCUT2D eigenvalue weighted by atomic mass is 32.2. The predicted octanol–water partition coefficient (Wildman–Crippen LogP) is 1.90. The number of nitrogens with two attached hydrogens (primary N) is 1. The largest absolute Gasteiger partial charge is 0.345 e. The van der Waals surface area contributed by atoms with E-state index in [0.29, 0.717) is 10.6 Å². The van der Waals surface area contributed by atoms with Crippen LogP contribution in [-0.2, 0) is 10.0 Å². The molecule has 0 aliphatic rings. The van der Waals surface area contributed by atoms with Crippen molar-refractivity contribution in [2.75, 3.05) is 0 Å². The van der Waals surface area contributed by atoms with Crippen LogP contribution >= 0.6 is 11.3 Å². The van der Waals surface area contributed by atoms with Crippen molar-refractivity contribution in [1.29, 1.82) is 0 Å². The topological polar surface area (TPSA) is 102 Å². The van der Waals surface area contributed by atoms with Gasteiger partial charge in [0.2, 0.25) is 10.0 Å². The molecule has 6 nitrogen and oxygen atoms in total. The van der Waals surface area contributed by atoms with Crippen molar-refractivity contribution in [2.24, 2.45) is 5.14 Å². The summed E-state index contributed by atoms with van der Waals surface area (Å²) in [5.41, 5.74) is 1.50. The number of sulfonamides is 1. The summed E-state index contributed by atoms with van der Waals surface area (Å²) in [6.07, 6.45) is 0. The summed E-state index contributed by atoms with van der Waals surface area (Å²) in [5, 5.41) is 8.77. The fraction of sp³-hybridized carbons (Fsp3) is 0.286. The van der Waals surface area contributed by atoms with Gasteiger partial charge in [0.05, 0.1) is 21.6 Å². The lowest BCUT2D eigenvalue weighted by molar-refractivity contribution is 0.0943. The van der Waals surface area contributed by atoms with Crippen LogP contribution in [0.25, 0.3) is 0 Å². The van der Waals surface area contributed by atoms with E-state index < -0.39 is 10.0 Å². The first-order valence-electron chi connectivity index (χ1n) is 6.56. The Morgan fingerprint density at radius 1 is 1.27 bits per heavy atom. The molecule has 0 saturated heterocycles. The van der Waals surface area contributed by atoms with E-state index in [1.54, 1.807) is 19.1 Å². The maximum atomic E-state index is 12.2. The third-order valence-electron chi connectivity index (χ3n) is 3.17. The number of hydrogen-bond donors (Lipinski definition) is 2. The highest BCUT2D eigenvalue weighted by molar-refractivity contribution is 7.89. The van der Waals surface area contributed by atoms with Gasteiger partial charge in [0.15, 0.2) is 0 Å². The van der Waals surface area contributed by atoms with Crippen LogP contribution in [0.15, 0.2) is 29.2 Å². The van der Waals surface area contributed by atoms with Crippen molar-refractivity contribution < 1.29 is 13.2 Å². The van der Waals surface area contributed by atoms with Gasteiger partial charge in [-0.1, -0.05) is 12.1 Å². The molecule has 2 rings (SSSR count). The number of nitrogens with one attached hydrogen (secondary N) is 1. The van der Waals surface area contributed by atoms with Gasteiger partial charge in [0.1, 0.15) is 4.88 Å². The number of aryl methyl sites for hydroxylation is 2. The standard InChI is InChI=1S/C14H17N3O3S2/c1-8(11-4-6-12(7-5-11)22(15,19)20)17-14(18)13-9(2)16-10(3)21-13/h4-8H,1-3H3,(H,17,18)(H2,15,19,20)/t8-/m0/s1. The van der Waals surface area contributed by atoms with Gasteiger partial charge < -0.3 is 5.32 Å². The number of carbonyl (C=O) groups excluding carboxylic acids is 1. The highest BCUT2D eigenvalue weighted by Crippen LogP contribution is 2.20. The smallest absolute Gasteiger partial charge is 0.263 e. The SMILES string of the molecule is Cc1nc(C)c(C(=O)N[C@@H](C)c2ccc(S(N)(=O)=O)cc2)s1. The minimum atomic E-state index is -3.71. The van der Waals surface area contributed by atoms with Crippen molar-refractivity contribution in [3.8, 4) is 0 Å². The van der Waals surface area contributed by atoms with Gasteiger partial charge in [0.25, 0.3) is 5.91 Å². The van der Waals surface area contributed by atoms with E-state index in [0.717, 1.165) is 10.6 Å². The number of aromatic nitrogens is 1. The van der Waals surface area contributed by atoms with E-state index in [1.165, 1.54) is 23.5 Å². The normalized spacial score (nSPS) is 12.9. The first-order valence-corrected chi connectivity index (χ1v) is 8.92. The first-order chi connectivity index (χ1) is 10.2.